The third-order valence-corrected chi connectivity index (χ3v) is 5.45. The molecular formula is C21H21NO4. The van der Waals surface area contributed by atoms with Crippen LogP contribution in [0.25, 0.3) is 11.1 Å². The number of fused-ring (bicyclic) bond motifs is 3. The molecule has 0 atom stereocenters. The lowest BCUT2D eigenvalue weighted by Crippen LogP contribution is -2.40. The number of carbonyl (C=O) groups is 2. The van der Waals surface area contributed by atoms with E-state index in [-0.39, 0.29) is 17.8 Å². The fraction of sp³-hybridized carbons (Fsp3) is 0.333. The number of hydrogen-bond acceptors (Lipinski definition) is 3. The Morgan fingerprint density at radius 3 is 2.04 bits per heavy atom. The molecule has 0 aromatic heterocycles. The van der Waals surface area contributed by atoms with Crippen molar-refractivity contribution in [2.45, 2.75) is 18.8 Å². The van der Waals surface area contributed by atoms with Crippen molar-refractivity contribution in [1.29, 1.82) is 0 Å². The molecule has 2 aliphatic rings. The molecule has 134 valence electrons. The molecule has 1 aliphatic heterocycles. The zero-order chi connectivity index (χ0) is 18.1. The van der Waals surface area contributed by atoms with Crippen molar-refractivity contribution in [2.24, 2.45) is 5.92 Å². The quantitative estimate of drug-likeness (QED) is 0.856. The number of piperidine rings is 1. The molecule has 1 heterocycles. The Labute approximate surface area is 152 Å². The lowest BCUT2D eigenvalue weighted by Gasteiger charge is -2.29. The van der Waals surface area contributed by atoms with E-state index in [1.165, 1.54) is 27.2 Å². The number of carboxylic acid groups (broad SMARTS) is 1. The SMILES string of the molecule is O=C(OCC1c2ccccc2-c2ccccc21)C1CCN(C(=O)O)CC1. The highest BCUT2D eigenvalue weighted by molar-refractivity contribution is 5.79. The Balaban J connectivity index is 1.44. The minimum atomic E-state index is -0.920. The predicted octanol–water partition coefficient (Wildman–Crippen LogP) is 3.73. The minimum absolute atomic E-state index is 0.0606. The van der Waals surface area contributed by atoms with E-state index < -0.39 is 6.09 Å². The first-order chi connectivity index (χ1) is 12.6. The summed E-state index contributed by atoms with van der Waals surface area (Å²) < 4.78 is 5.67. The molecule has 5 heteroatoms. The average molecular weight is 351 g/mol. The second-order valence-corrected chi connectivity index (χ2v) is 6.90. The molecule has 4 rings (SSSR count). The van der Waals surface area contributed by atoms with Crippen LogP contribution in [0.2, 0.25) is 0 Å². The number of rotatable bonds is 3. The standard InChI is InChI=1S/C21H21NO4/c23-20(14-9-11-22(12-10-14)21(24)25)26-13-19-17-7-3-1-5-15(17)16-6-2-4-8-18(16)19/h1-8,14,19H,9-13H2,(H,24,25). The van der Waals surface area contributed by atoms with E-state index in [4.69, 9.17) is 9.84 Å². The summed E-state index contributed by atoms with van der Waals surface area (Å²) >= 11 is 0. The first-order valence-corrected chi connectivity index (χ1v) is 8.98. The van der Waals surface area contributed by atoms with E-state index >= 15 is 0 Å². The Kier molecular flexibility index (Phi) is 4.37. The zero-order valence-electron chi connectivity index (χ0n) is 14.4. The maximum atomic E-state index is 12.5. The van der Waals surface area contributed by atoms with Crippen LogP contribution >= 0.6 is 0 Å². The van der Waals surface area contributed by atoms with Crippen LogP contribution in [0.1, 0.15) is 29.9 Å². The fourth-order valence-corrected chi connectivity index (χ4v) is 4.03. The van der Waals surface area contributed by atoms with Gasteiger partial charge in [-0.05, 0) is 35.1 Å². The van der Waals surface area contributed by atoms with Gasteiger partial charge in [0.2, 0.25) is 0 Å². The van der Waals surface area contributed by atoms with Crippen LogP contribution in [0.15, 0.2) is 48.5 Å². The Morgan fingerprint density at radius 1 is 0.962 bits per heavy atom. The van der Waals surface area contributed by atoms with E-state index in [9.17, 15) is 9.59 Å². The largest absolute Gasteiger partial charge is 0.465 e. The highest BCUT2D eigenvalue weighted by Crippen LogP contribution is 2.44. The lowest BCUT2D eigenvalue weighted by atomic mass is 9.96. The molecule has 1 amide bonds. The number of likely N-dealkylation sites (tertiary alicyclic amines) is 1. The molecule has 1 aliphatic carbocycles. The maximum absolute atomic E-state index is 12.5. The van der Waals surface area contributed by atoms with Gasteiger partial charge in [-0.15, -0.1) is 0 Å². The molecule has 0 spiro atoms. The van der Waals surface area contributed by atoms with Gasteiger partial charge in [-0.2, -0.15) is 0 Å². The van der Waals surface area contributed by atoms with Crippen molar-refractivity contribution in [3.63, 3.8) is 0 Å². The van der Waals surface area contributed by atoms with Crippen molar-refractivity contribution >= 4 is 12.1 Å². The first-order valence-electron chi connectivity index (χ1n) is 8.98. The summed E-state index contributed by atoms with van der Waals surface area (Å²) in [6, 6.07) is 16.5. The number of ether oxygens (including phenoxy) is 1. The van der Waals surface area contributed by atoms with Gasteiger partial charge in [-0.3, -0.25) is 4.79 Å². The number of esters is 1. The number of carbonyl (C=O) groups excluding carboxylic acids is 1. The molecule has 1 fully saturated rings. The lowest BCUT2D eigenvalue weighted by molar-refractivity contribution is -0.150. The van der Waals surface area contributed by atoms with Gasteiger partial charge < -0.3 is 14.7 Å². The summed E-state index contributed by atoms with van der Waals surface area (Å²) in [5, 5.41) is 9.01. The van der Waals surface area contributed by atoms with Gasteiger partial charge in [0, 0.05) is 19.0 Å². The van der Waals surface area contributed by atoms with Gasteiger partial charge in [-0.25, -0.2) is 4.79 Å². The van der Waals surface area contributed by atoms with Gasteiger partial charge in [0.15, 0.2) is 0 Å². The van der Waals surface area contributed by atoms with Crippen LogP contribution in [0.5, 0.6) is 0 Å². The molecule has 0 radical (unpaired) electrons. The first kappa shape index (κ1) is 16.6. The summed E-state index contributed by atoms with van der Waals surface area (Å²) in [5.74, 6) is -0.361. The highest BCUT2D eigenvalue weighted by Gasteiger charge is 2.32. The fourth-order valence-electron chi connectivity index (χ4n) is 4.03. The third-order valence-electron chi connectivity index (χ3n) is 5.45. The Morgan fingerprint density at radius 2 is 1.50 bits per heavy atom. The van der Waals surface area contributed by atoms with E-state index in [2.05, 4.69) is 24.3 Å². The van der Waals surface area contributed by atoms with E-state index in [0.717, 1.165) is 0 Å². The molecule has 0 saturated carbocycles. The van der Waals surface area contributed by atoms with Gasteiger partial charge in [-0.1, -0.05) is 48.5 Å². The van der Waals surface area contributed by atoms with Crippen molar-refractivity contribution in [1.82, 2.24) is 4.90 Å². The Bertz CT molecular complexity index is 794. The van der Waals surface area contributed by atoms with Crippen LogP contribution in [0, 0.1) is 5.92 Å². The van der Waals surface area contributed by atoms with E-state index in [1.807, 2.05) is 24.3 Å². The van der Waals surface area contributed by atoms with Crippen molar-refractivity contribution < 1.29 is 19.4 Å². The minimum Gasteiger partial charge on any atom is -0.465 e. The van der Waals surface area contributed by atoms with Crippen LogP contribution < -0.4 is 0 Å². The summed E-state index contributed by atoms with van der Waals surface area (Å²) in [5.41, 5.74) is 4.81. The van der Waals surface area contributed by atoms with Crippen LogP contribution in [-0.4, -0.2) is 41.8 Å². The third kappa shape index (κ3) is 2.94. The van der Waals surface area contributed by atoms with Gasteiger partial charge >= 0.3 is 12.1 Å². The van der Waals surface area contributed by atoms with Crippen LogP contribution in [-0.2, 0) is 9.53 Å². The molecular weight excluding hydrogens is 330 g/mol. The molecule has 1 saturated heterocycles. The number of amides is 1. The van der Waals surface area contributed by atoms with E-state index in [0.29, 0.717) is 32.5 Å². The number of hydrogen-bond donors (Lipinski definition) is 1. The summed E-state index contributed by atoms with van der Waals surface area (Å²) in [4.78, 5) is 24.8. The molecule has 26 heavy (non-hydrogen) atoms. The Hall–Kier alpha value is -2.82. The zero-order valence-corrected chi connectivity index (χ0v) is 14.4. The molecule has 1 N–H and O–H groups in total. The van der Waals surface area contributed by atoms with Crippen molar-refractivity contribution in [2.75, 3.05) is 19.7 Å². The second kappa shape index (κ2) is 6.83. The second-order valence-electron chi connectivity index (χ2n) is 6.90. The van der Waals surface area contributed by atoms with E-state index in [1.54, 1.807) is 0 Å². The normalized spacial score (nSPS) is 16.8. The van der Waals surface area contributed by atoms with Gasteiger partial charge in [0.25, 0.3) is 0 Å². The maximum Gasteiger partial charge on any atom is 0.407 e. The monoisotopic (exact) mass is 351 g/mol. The summed E-state index contributed by atoms with van der Waals surface area (Å²) in [7, 11) is 0. The molecule has 2 aromatic rings. The van der Waals surface area contributed by atoms with Crippen LogP contribution in [0.4, 0.5) is 4.79 Å². The van der Waals surface area contributed by atoms with Crippen molar-refractivity contribution in [3.8, 4) is 11.1 Å². The number of nitrogens with zero attached hydrogens (tertiary/aromatic N) is 1. The highest BCUT2D eigenvalue weighted by atomic mass is 16.5. The average Bonchev–Trinajstić information content (AvgIpc) is 3.00. The van der Waals surface area contributed by atoms with Crippen LogP contribution in [0.3, 0.4) is 0 Å². The predicted molar refractivity (Wildman–Crippen MR) is 97.0 cm³/mol. The smallest absolute Gasteiger partial charge is 0.407 e. The summed E-state index contributed by atoms with van der Waals surface area (Å²) in [6.07, 6.45) is 0.141. The number of benzene rings is 2. The molecule has 0 bridgehead atoms. The van der Waals surface area contributed by atoms with Gasteiger partial charge in [0.1, 0.15) is 6.61 Å². The molecule has 0 unspecified atom stereocenters. The topological polar surface area (TPSA) is 66.8 Å². The molecule has 2 aromatic carbocycles. The van der Waals surface area contributed by atoms with Gasteiger partial charge in [0.05, 0.1) is 5.92 Å². The molecule has 5 nitrogen and oxygen atoms in total. The summed E-state index contributed by atoms with van der Waals surface area (Å²) in [6.45, 7) is 1.11. The van der Waals surface area contributed by atoms with Crippen molar-refractivity contribution in [3.05, 3.63) is 59.7 Å².